The molecule has 1 nitrogen and oxygen atoms in total. The van der Waals surface area contributed by atoms with Gasteiger partial charge < -0.3 is 5.41 Å². The Labute approximate surface area is 83.4 Å². The van der Waals surface area contributed by atoms with Gasteiger partial charge in [-0.1, -0.05) is 59.3 Å². The Morgan fingerprint density at radius 2 is 1.54 bits per heavy atom. The summed E-state index contributed by atoms with van der Waals surface area (Å²) in [5, 5.41) is 7.23. The smallest absolute Gasteiger partial charge is 0.000867 e. The van der Waals surface area contributed by atoms with Crippen LogP contribution in [0.25, 0.3) is 0 Å². The fraction of sp³-hybridized carbons (Fsp3) is 0.917. The van der Waals surface area contributed by atoms with Crippen molar-refractivity contribution in [3.05, 3.63) is 0 Å². The van der Waals surface area contributed by atoms with Crippen LogP contribution < -0.4 is 0 Å². The van der Waals surface area contributed by atoms with Gasteiger partial charge in [0.25, 0.3) is 0 Å². The monoisotopic (exact) mass is 183 g/mol. The molecule has 0 rings (SSSR count). The second kappa shape index (κ2) is 7.11. The molecular formula is C12H25N. The van der Waals surface area contributed by atoms with Crippen LogP contribution in [0.4, 0.5) is 0 Å². The van der Waals surface area contributed by atoms with Gasteiger partial charge in [0.05, 0.1) is 0 Å². The summed E-state index contributed by atoms with van der Waals surface area (Å²) in [7, 11) is 0. The molecule has 0 aliphatic carbocycles. The number of nitrogens with one attached hydrogen (secondary N) is 1. The molecule has 78 valence electrons. The average Bonchev–Trinajstić information content (AvgIpc) is 2.11. The van der Waals surface area contributed by atoms with Gasteiger partial charge in [0.1, 0.15) is 0 Å². The Hall–Kier alpha value is -0.330. The molecule has 0 fully saturated rings. The molecular weight excluding hydrogens is 158 g/mol. The number of unbranched alkanes of at least 4 members (excludes halogenated alkanes) is 5. The minimum absolute atomic E-state index is 0.130. The molecule has 0 aliphatic rings. The molecule has 0 aromatic heterocycles. The highest BCUT2D eigenvalue weighted by Crippen LogP contribution is 2.21. The van der Waals surface area contributed by atoms with Crippen LogP contribution in [0, 0.1) is 10.8 Å². The first-order chi connectivity index (χ1) is 6.12. The van der Waals surface area contributed by atoms with Gasteiger partial charge in [-0.2, -0.15) is 0 Å². The van der Waals surface area contributed by atoms with Crippen molar-refractivity contribution in [3.8, 4) is 0 Å². The lowest BCUT2D eigenvalue weighted by Gasteiger charge is -2.17. The summed E-state index contributed by atoms with van der Waals surface area (Å²) in [5.41, 5.74) is 0.130. The van der Waals surface area contributed by atoms with Crippen molar-refractivity contribution in [1.82, 2.24) is 0 Å². The molecule has 0 spiro atoms. The molecule has 0 unspecified atom stereocenters. The van der Waals surface area contributed by atoms with Crippen molar-refractivity contribution in [2.75, 3.05) is 0 Å². The van der Waals surface area contributed by atoms with Gasteiger partial charge in [0, 0.05) is 6.21 Å². The lowest BCUT2D eigenvalue weighted by Crippen LogP contribution is -2.11. The van der Waals surface area contributed by atoms with Crippen LogP contribution in [0.15, 0.2) is 0 Å². The lowest BCUT2D eigenvalue weighted by molar-refractivity contribution is 0.445. The molecule has 1 N–H and O–H groups in total. The van der Waals surface area contributed by atoms with E-state index in [0.29, 0.717) is 0 Å². The molecule has 1 heteroatoms. The first kappa shape index (κ1) is 12.7. The zero-order chi connectivity index (χ0) is 10.2. The first-order valence-corrected chi connectivity index (χ1v) is 5.64. The normalized spacial score (nSPS) is 11.6. The van der Waals surface area contributed by atoms with Gasteiger partial charge in [-0.15, -0.1) is 0 Å². The maximum absolute atomic E-state index is 7.23. The molecule has 13 heavy (non-hydrogen) atoms. The third-order valence-electron chi connectivity index (χ3n) is 2.57. The Morgan fingerprint density at radius 3 is 2.08 bits per heavy atom. The highest BCUT2D eigenvalue weighted by atomic mass is 14.4. The zero-order valence-corrected chi connectivity index (χ0v) is 9.53. The Kier molecular flexibility index (Phi) is 6.93. The molecule has 0 radical (unpaired) electrons. The van der Waals surface area contributed by atoms with Crippen LogP contribution in [-0.2, 0) is 0 Å². The average molecular weight is 183 g/mol. The number of hydrogen-bond donors (Lipinski definition) is 1. The maximum Gasteiger partial charge on any atom is 0.000867 e. The summed E-state index contributed by atoms with van der Waals surface area (Å²) in [4.78, 5) is 0. The van der Waals surface area contributed by atoms with E-state index in [0.717, 1.165) is 0 Å². The highest BCUT2D eigenvalue weighted by Gasteiger charge is 2.12. The molecule has 0 saturated carbocycles. The molecule has 0 atom stereocenters. The highest BCUT2D eigenvalue weighted by molar-refractivity contribution is 5.60. The van der Waals surface area contributed by atoms with E-state index in [9.17, 15) is 0 Å². The van der Waals surface area contributed by atoms with E-state index in [2.05, 4.69) is 20.8 Å². The zero-order valence-electron chi connectivity index (χ0n) is 9.53. The van der Waals surface area contributed by atoms with Gasteiger partial charge >= 0.3 is 0 Å². The van der Waals surface area contributed by atoms with E-state index < -0.39 is 0 Å². The van der Waals surface area contributed by atoms with Crippen molar-refractivity contribution in [1.29, 1.82) is 5.41 Å². The SMILES string of the molecule is CCCCCCCCC(C)(C)C=N. The second-order valence-corrected chi connectivity index (χ2v) is 4.65. The number of hydrogen-bond acceptors (Lipinski definition) is 1. The summed E-state index contributed by atoms with van der Waals surface area (Å²) >= 11 is 0. The quantitative estimate of drug-likeness (QED) is 0.425. The van der Waals surface area contributed by atoms with Crippen LogP contribution >= 0.6 is 0 Å². The van der Waals surface area contributed by atoms with Gasteiger partial charge in [-0.3, -0.25) is 0 Å². The van der Waals surface area contributed by atoms with Crippen molar-refractivity contribution in [3.63, 3.8) is 0 Å². The fourth-order valence-corrected chi connectivity index (χ4v) is 1.43. The maximum atomic E-state index is 7.23. The Bertz CT molecular complexity index is 127. The largest absolute Gasteiger partial charge is 0.313 e. The van der Waals surface area contributed by atoms with E-state index in [-0.39, 0.29) is 5.41 Å². The number of rotatable bonds is 8. The predicted octanol–water partition coefficient (Wildman–Crippen LogP) is 4.41. The molecule has 0 amide bonds. The minimum Gasteiger partial charge on any atom is -0.313 e. The second-order valence-electron chi connectivity index (χ2n) is 4.65. The van der Waals surface area contributed by atoms with Gasteiger partial charge in [-0.25, -0.2) is 0 Å². The van der Waals surface area contributed by atoms with Crippen LogP contribution in [0.1, 0.15) is 65.7 Å². The van der Waals surface area contributed by atoms with E-state index in [1.807, 2.05) is 0 Å². The van der Waals surface area contributed by atoms with Gasteiger partial charge in [-0.05, 0) is 11.8 Å². The summed E-state index contributed by atoms with van der Waals surface area (Å²) in [6, 6.07) is 0. The van der Waals surface area contributed by atoms with Crippen LogP contribution in [0.5, 0.6) is 0 Å². The molecule has 0 aliphatic heterocycles. The lowest BCUT2D eigenvalue weighted by atomic mass is 9.88. The summed E-state index contributed by atoms with van der Waals surface area (Å²) < 4.78 is 0. The van der Waals surface area contributed by atoms with Crippen molar-refractivity contribution in [2.24, 2.45) is 5.41 Å². The predicted molar refractivity (Wildman–Crippen MR) is 60.6 cm³/mol. The topological polar surface area (TPSA) is 23.9 Å². The third kappa shape index (κ3) is 8.01. The molecule has 0 aromatic carbocycles. The van der Waals surface area contributed by atoms with E-state index in [1.54, 1.807) is 6.21 Å². The van der Waals surface area contributed by atoms with Gasteiger partial charge in [0.2, 0.25) is 0 Å². The van der Waals surface area contributed by atoms with Crippen molar-refractivity contribution in [2.45, 2.75) is 65.7 Å². The van der Waals surface area contributed by atoms with E-state index in [4.69, 9.17) is 5.41 Å². The van der Waals surface area contributed by atoms with Gasteiger partial charge in [0.15, 0.2) is 0 Å². The standard InChI is InChI=1S/C12H25N/c1-4-5-6-7-8-9-10-12(2,3)11-13/h11,13H,4-10H2,1-3H3. The van der Waals surface area contributed by atoms with E-state index in [1.165, 1.54) is 44.9 Å². The molecule has 0 saturated heterocycles. The van der Waals surface area contributed by atoms with Crippen molar-refractivity contribution < 1.29 is 0 Å². The Morgan fingerprint density at radius 1 is 1.00 bits per heavy atom. The van der Waals surface area contributed by atoms with Crippen LogP contribution in [-0.4, -0.2) is 6.21 Å². The molecule has 0 heterocycles. The first-order valence-electron chi connectivity index (χ1n) is 5.64. The third-order valence-corrected chi connectivity index (χ3v) is 2.57. The van der Waals surface area contributed by atoms with Crippen molar-refractivity contribution >= 4 is 6.21 Å². The van der Waals surface area contributed by atoms with E-state index >= 15 is 0 Å². The summed E-state index contributed by atoms with van der Waals surface area (Å²) in [6.07, 6.45) is 10.9. The minimum atomic E-state index is 0.130. The fourth-order valence-electron chi connectivity index (χ4n) is 1.43. The van der Waals surface area contributed by atoms with Crippen LogP contribution in [0.3, 0.4) is 0 Å². The summed E-state index contributed by atoms with van der Waals surface area (Å²) in [5.74, 6) is 0. The molecule has 0 aromatic rings. The Balaban J connectivity index is 3.20. The summed E-state index contributed by atoms with van der Waals surface area (Å²) in [6.45, 7) is 6.54. The van der Waals surface area contributed by atoms with Crippen LogP contribution in [0.2, 0.25) is 0 Å². The molecule has 0 bridgehead atoms.